The van der Waals surface area contributed by atoms with Crippen LogP contribution in [-0.4, -0.2) is 69.6 Å². The monoisotopic (exact) mass is 493 g/mol. The minimum atomic E-state index is -0.815. The number of anilines is 1. The zero-order valence-corrected chi connectivity index (χ0v) is 21.7. The molecule has 0 aromatic heterocycles. The van der Waals surface area contributed by atoms with E-state index in [1.165, 1.54) is 0 Å². The highest BCUT2D eigenvalue weighted by Gasteiger charge is 2.79. The lowest BCUT2D eigenvalue weighted by molar-refractivity contribution is -0.202. The van der Waals surface area contributed by atoms with Gasteiger partial charge in [-0.2, -0.15) is 0 Å². The number of ether oxygens (including phenoxy) is 2. The van der Waals surface area contributed by atoms with Gasteiger partial charge in [-0.25, -0.2) is 0 Å². The van der Waals surface area contributed by atoms with E-state index < -0.39 is 33.6 Å². The van der Waals surface area contributed by atoms with Crippen LogP contribution in [0.25, 0.3) is 0 Å². The van der Waals surface area contributed by atoms with Gasteiger partial charge in [0.1, 0.15) is 11.1 Å². The number of piperidine rings is 3. The zero-order valence-electron chi connectivity index (χ0n) is 21.7. The first kappa shape index (κ1) is 22.6. The number of aliphatic hydroxyl groups is 1. The number of likely N-dealkylation sites (N-methyl/N-ethyl adjacent to an activating group) is 1. The number of carbonyl (C=O) groups is 2. The van der Waals surface area contributed by atoms with Crippen LogP contribution in [-0.2, 0) is 15.0 Å². The largest absolute Gasteiger partial charge is 0.480 e. The van der Waals surface area contributed by atoms with Gasteiger partial charge in [-0.1, -0.05) is 19.9 Å². The van der Waals surface area contributed by atoms with E-state index in [0.29, 0.717) is 49.5 Å². The van der Waals surface area contributed by atoms with Crippen molar-refractivity contribution in [2.45, 2.75) is 81.6 Å². The summed E-state index contributed by atoms with van der Waals surface area (Å²) >= 11 is 0. The molecule has 36 heavy (non-hydrogen) atoms. The van der Waals surface area contributed by atoms with Gasteiger partial charge < -0.3 is 24.8 Å². The zero-order chi connectivity index (χ0) is 25.5. The molecule has 6 heterocycles. The minimum absolute atomic E-state index is 0.0319. The molecule has 8 nitrogen and oxygen atoms in total. The number of fused-ring (bicyclic) bond motifs is 5. The van der Waals surface area contributed by atoms with Crippen LogP contribution in [0.2, 0.25) is 0 Å². The van der Waals surface area contributed by atoms with Crippen molar-refractivity contribution in [3.8, 4) is 11.5 Å². The Morgan fingerprint density at radius 2 is 1.94 bits per heavy atom. The van der Waals surface area contributed by atoms with Gasteiger partial charge >= 0.3 is 0 Å². The Balaban J connectivity index is 1.40. The SMILES string of the molecule is CN1C(=O)[C@@]23CC[C@@H](O)CN2C[C@@]12C[C@@]1(C(=O)Nc4c1ccc1c4OC=CC(C)(C)O1)C(C)(C)[C@@H]2C3. The van der Waals surface area contributed by atoms with Gasteiger partial charge in [0, 0.05) is 20.1 Å². The fourth-order valence-corrected chi connectivity index (χ4v) is 8.87. The Morgan fingerprint density at radius 3 is 2.72 bits per heavy atom. The molecule has 0 unspecified atom stereocenters. The minimum Gasteiger partial charge on any atom is -0.480 e. The standard InChI is InChI=1S/C28H35N3O5/c1-24(2)10-11-35-21-18(36-24)7-6-17-20(21)29-22(33)28(17)14-27-15-31-13-16(32)8-9-26(31,23(34)30(27)5)12-19(27)25(28,3)4/h6-7,10-11,16,19,32H,8-9,12-15H2,1-5H3,(H,29,33)/t16-,19+,26+,27-,28-/m1/s1. The van der Waals surface area contributed by atoms with Crippen LogP contribution in [0.5, 0.6) is 11.5 Å². The second-order valence-electron chi connectivity index (χ2n) is 13.0. The first-order valence-electron chi connectivity index (χ1n) is 13.1. The van der Waals surface area contributed by atoms with E-state index >= 15 is 0 Å². The van der Waals surface area contributed by atoms with Crippen LogP contribution in [0.1, 0.15) is 58.9 Å². The van der Waals surface area contributed by atoms with Gasteiger partial charge in [0.05, 0.1) is 29.0 Å². The van der Waals surface area contributed by atoms with Crippen molar-refractivity contribution >= 4 is 17.5 Å². The molecule has 0 radical (unpaired) electrons. The molecule has 2 amide bonds. The van der Waals surface area contributed by atoms with E-state index in [4.69, 9.17) is 9.47 Å². The summed E-state index contributed by atoms with van der Waals surface area (Å²) in [5.41, 5.74) is -1.22. The number of piperazine rings is 1. The summed E-state index contributed by atoms with van der Waals surface area (Å²) in [6.07, 6.45) is 5.66. The summed E-state index contributed by atoms with van der Waals surface area (Å²) in [5.74, 6) is 1.40. The number of hydrogen-bond acceptors (Lipinski definition) is 6. The van der Waals surface area contributed by atoms with Crippen molar-refractivity contribution < 1.29 is 24.2 Å². The normalized spacial score (nSPS) is 41.1. The molecular weight excluding hydrogens is 458 g/mol. The maximum absolute atomic E-state index is 14.2. The second kappa shape index (κ2) is 6.45. The van der Waals surface area contributed by atoms with E-state index in [1.54, 1.807) is 6.26 Å². The average molecular weight is 494 g/mol. The van der Waals surface area contributed by atoms with Crippen LogP contribution in [0.4, 0.5) is 5.69 Å². The first-order chi connectivity index (χ1) is 16.9. The smallest absolute Gasteiger partial charge is 0.243 e. The quantitative estimate of drug-likeness (QED) is 0.578. The lowest BCUT2D eigenvalue weighted by Gasteiger charge is -2.67. The van der Waals surface area contributed by atoms with Gasteiger partial charge in [-0.05, 0) is 68.6 Å². The molecule has 2 bridgehead atoms. The topological polar surface area (TPSA) is 91.3 Å². The van der Waals surface area contributed by atoms with Crippen LogP contribution in [0.3, 0.4) is 0 Å². The molecule has 3 spiro atoms. The van der Waals surface area contributed by atoms with Crippen molar-refractivity contribution in [2.75, 3.05) is 25.5 Å². The lowest BCUT2D eigenvalue weighted by Crippen LogP contribution is -2.81. The Hall–Kier alpha value is -2.58. The molecule has 8 heteroatoms. The van der Waals surface area contributed by atoms with Gasteiger partial charge in [0.2, 0.25) is 11.8 Å². The Labute approximate surface area is 211 Å². The fraction of sp³-hybridized carbons (Fsp3) is 0.643. The van der Waals surface area contributed by atoms with Crippen molar-refractivity contribution in [1.82, 2.24) is 9.80 Å². The third-order valence-corrected chi connectivity index (χ3v) is 10.7. The summed E-state index contributed by atoms with van der Waals surface area (Å²) in [6.45, 7) is 9.56. The molecule has 1 aromatic rings. The first-order valence-corrected chi connectivity index (χ1v) is 13.1. The van der Waals surface area contributed by atoms with Crippen LogP contribution in [0, 0.1) is 11.3 Å². The fourth-order valence-electron chi connectivity index (χ4n) is 8.87. The summed E-state index contributed by atoms with van der Waals surface area (Å²) < 4.78 is 12.2. The van der Waals surface area contributed by atoms with Crippen molar-refractivity contribution in [1.29, 1.82) is 0 Å². The molecule has 1 aliphatic carbocycles. The van der Waals surface area contributed by atoms with Gasteiger partial charge in [-0.3, -0.25) is 14.5 Å². The number of aliphatic hydroxyl groups excluding tert-OH is 1. The van der Waals surface area contributed by atoms with Crippen molar-refractivity contribution in [3.63, 3.8) is 0 Å². The summed E-state index contributed by atoms with van der Waals surface area (Å²) in [4.78, 5) is 32.3. The Bertz CT molecular complexity index is 1260. The predicted octanol–water partition coefficient (Wildman–Crippen LogP) is 2.80. The highest BCUT2D eigenvalue weighted by Crippen LogP contribution is 2.72. The van der Waals surface area contributed by atoms with Crippen molar-refractivity contribution in [3.05, 3.63) is 30.0 Å². The number of nitrogens with zero attached hydrogens (tertiary/aromatic N) is 2. The highest BCUT2D eigenvalue weighted by molar-refractivity contribution is 6.09. The average Bonchev–Trinajstić information content (AvgIpc) is 3.12. The molecule has 8 rings (SSSR count). The number of rotatable bonds is 0. The van der Waals surface area contributed by atoms with Crippen LogP contribution < -0.4 is 14.8 Å². The van der Waals surface area contributed by atoms with Gasteiger partial charge in [0.25, 0.3) is 0 Å². The molecule has 5 atom stereocenters. The molecule has 6 aliphatic heterocycles. The molecule has 1 aromatic carbocycles. The van der Waals surface area contributed by atoms with Gasteiger partial charge in [0.15, 0.2) is 11.5 Å². The van der Waals surface area contributed by atoms with E-state index in [-0.39, 0.29) is 17.7 Å². The highest BCUT2D eigenvalue weighted by atomic mass is 16.5. The molecule has 192 valence electrons. The number of nitrogens with one attached hydrogen (secondary N) is 1. The third kappa shape index (κ3) is 2.34. The summed E-state index contributed by atoms with van der Waals surface area (Å²) in [5, 5.41) is 13.6. The summed E-state index contributed by atoms with van der Waals surface area (Å²) in [6, 6.07) is 3.95. The van der Waals surface area contributed by atoms with E-state index in [1.807, 2.05) is 44.0 Å². The van der Waals surface area contributed by atoms with E-state index in [0.717, 1.165) is 12.0 Å². The summed E-state index contributed by atoms with van der Waals surface area (Å²) in [7, 11) is 1.93. The van der Waals surface area contributed by atoms with E-state index in [9.17, 15) is 14.7 Å². The van der Waals surface area contributed by atoms with E-state index in [2.05, 4.69) is 24.1 Å². The lowest BCUT2D eigenvalue weighted by atomic mass is 9.56. The number of carbonyl (C=O) groups excluding carboxylic acids is 2. The molecule has 2 N–H and O–H groups in total. The van der Waals surface area contributed by atoms with Crippen LogP contribution in [0.15, 0.2) is 24.5 Å². The maximum Gasteiger partial charge on any atom is 0.243 e. The molecular formula is C28H35N3O5. The number of β-amino-alcohol motifs (C(OH)–C–C–N with tert-alkyl or cyclic N) is 1. The molecule has 1 saturated carbocycles. The predicted molar refractivity (Wildman–Crippen MR) is 133 cm³/mol. The van der Waals surface area contributed by atoms with Gasteiger partial charge in [-0.15, -0.1) is 0 Å². The molecule has 4 saturated heterocycles. The molecule has 5 fully saturated rings. The second-order valence-corrected chi connectivity index (χ2v) is 13.0. The molecule has 7 aliphatic rings. The number of hydrogen-bond donors (Lipinski definition) is 2. The number of amides is 2. The third-order valence-electron chi connectivity index (χ3n) is 10.7. The number of benzene rings is 1. The Kier molecular flexibility index (Phi) is 4.05. The Morgan fingerprint density at radius 1 is 1.17 bits per heavy atom. The maximum atomic E-state index is 14.2. The van der Waals surface area contributed by atoms with Crippen molar-refractivity contribution in [2.24, 2.45) is 11.3 Å². The van der Waals surface area contributed by atoms with Crippen LogP contribution >= 0.6 is 0 Å².